The molecule has 0 aromatic carbocycles. The van der Waals surface area contributed by atoms with Gasteiger partial charge in [0, 0.05) is 29.1 Å². The standard InChI is InChI=1S/C18H21N9S.C2HF3O2/c19-17-24-18(26-25-17)28-9-11-1-3-13(4-2-11)27-8-12(7-23-27)15-14-5-6-20-16(14)22-10-21-15;3-2(4,5)1(6)7/h5-8,10-11,13H,1-4,9H2,(H,20,21,22)(H3,19,24,25,26);(H,6,7). The molecule has 4 aromatic heterocycles. The van der Waals surface area contributed by atoms with E-state index in [2.05, 4.69) is 46.1 Å². The molecule has 0 saturated heterocycles. The molecule has 0 unspecified atom stereocenters. The van der Waals surface area contributed by atoms with Gasteiger partial charge >= 0.3 is 12.1 Å². The Kier molecular flexibility index (Phi) is 7.23. The van der Waals surface area contributed by atoms with E-state index in [0.717, 1.165) is 46.0 Å². The fourth-order valence-corrected chi connectivity index (χ4v) is 4.84. The second kappa shape index (κ2) is 10.3. The zero-order valence-electron chi connectivity index (χ0n) is 18.2. The van der Waals surface area contributed by atoms with E-state index in [-0.39, 0.29) is 0 Å². The molecular weight excluding hydrogens is 487 g/mol. The third-order valence-corrected chi connectivity index (χ3v) is 6.67. The van der Waals surface area contributed by atoms with Crippen molar-refractivity contribution in [2.24, 2.45) is 5.92 Å². The largest absolute Gasteiger partial charge is 0.490 e. The fourth-order valence-electron chi connectivity index (χ4n) is 3.85. The van der Waals surface area contributed by atoms with Crippen LogP contribution < -0.4 is 5.73 Å². The first-order valence-corrected chi connectivity index (χ1v) is 11.6. The van der Waals surface area contributed by atoms with Crippen LogP contribution in [-0.4, -0.2) is 62.9 Å². The minimum atomic E-state index is -5.08. The summed E-state index contributed by atoms with van der Waals surface area (Å²) in [4.78, 5) is 24.9. The van der Waals surface area contributed by atoms with E-state index in [4.69, 9.17) is 15.6 Å². The van der Waals surface area contributed by atoms with Crippen molar-refractivity contribution in [3.63, 3.8) is 0 Å². The quantitative estimate of drug-likeness (QED) is 0.294. The number of hydrogen-bond donors (Lipinski definition) is 4. The summed E-state index contributed by atoms with van der Waals surface area (Å²) in [7, 11) is 0. The summed E-state index contributed by atoms with van der Waals surface area (Å²) in [6.07, 6.45) is 7.05. The molecule has 0 radical (unpaired) electrons. The van der Waals surface area contributed by atoms with E-state index in [1.165, 1.54) is 12.8 Å². The molecule has 0 amide bonds. The highest BCUT2D eigenvalue weighted by molar-refractivity contribution is 7.99. The molecule has 0 spiro atoms. The summed E-state index contributed by atoms with van der Waals surface area (Å²) in [5, 5.41) is 20.3. The van der Waals surface area contributed by atoms with Gasteiger partial charge in [0.15, 0.2) is 0 Å². The molecule has 5 rings (SSSR count). The number of alkyl halides is 3. The third kappa shape index (κ3) is 6.09. The highest BCUT2D eigenvalue weighted by Crippen LogP contribution is 2.35. The number of nitrogens with zero attached hydrogens (tertiary/aromatic N) is 6. The highest BCUT2D eigenvalue weighted by atomic mass is 32.2. The summed E-state index contributed by atoms with van der Waals surface area (Å²) < 4.78 is 33.8. The molecule has 0 atom stereocenters. The lowest BCUT2D eigenvalue weighted by Crippen LogP contribution is -2.21. The Balaban J connectivity index is 0.000000364. The van der Waals surface area contributed by atoms with E-state index in [0.29, 0.717) is 17.9 Å². The molecule has 0 bridgehead atoms. The molecule has 35 heavy (non-hydrogen) atoms. The summed E-state index contributed by atoms with van der Waals surface area (Å²) in [5.41, 5.74) is 8.39. The summed E-state index contributed by atoms with van der Waals surface area (Å²) in [6, 6.07) is 2.45. The van der Waals surface area contributed by atoms with E-state index in [1.54, 1.807) is 18.1 Å². The predicted molar refractivity (Wildman–Crippen MR) is 121 cm³/mol. The van der Waals surface area contributed by atoms with Gasteiger partial charge in [-0.1, -0.05) is 11.8 Å². The van der Waals surface area contributed by atoms with Gasteiger partial charge < -0.3 is 15.8 Å². The monoisotopic (exact) mass is 509 g/mol. The number of carboxylic acids is 1. The second-order valence-electron chi connectivity index (χ2n) is 7.96. The van der Waals surface area contributed by atoms with Crippen LogP contribution in [0.1, 0.15) is 31.7 Å². The molecule has 15 heteroatoms. The number of halogens is 3. The predicted octanol–water partition coefficient (Wildman–Crippen LogP) is 3.68. The molecule has 1 fully saturated rings. The smallest absolute Gasteiger partial charge is 0.475 e. The van der Waals surface area contributed by atoms with Crippen LogP contribution in [0.4, 0.5) is 19.1 Å². The van der Waals surface area contributed by atoms with Gasteiger partial charge in [-0.2, -0.15) is 23.3 Å². The molecule has 1 aliphatic carbocycles. The van der Waals surface area contributed by atoms with Crippen molar-refractivity contribution in [2.45, 2.75) is 43.1 Å². The van der Waals surface area contributed by atoms with Gasteiger partial charge in [0.1, 0.15) is 12.0 Å². The number of H-pyrrole nitrogens is 2. The molecule has 11 nitrogen and oxygen atoms in total. The Bertz CT molecular complexity index is 1280. The maximum atomic E-state index is 10.6. The van der Waals surface area contributed by atoms with Crippen LogP contribution in [0.2, 0.25) is 0 Å². The van der Waals surface area contributed by atoms with Gasteiger partial charge in [-0.3, -0.25) is 4.68 Å². The van der Waals surface area contributed by atoms with Crippen molar-refractivity contribution in [3.05, 3.63) is 31.0 Å². The number of aliphatic carboxylic acids is 1. The van der Waals surface area contributed by atoms with E-state index in [1.807, 2.05) is 18.5 Å². The second-order valence-corrected chi connectivity index (χ2v) is 8.95. The number of nitrogen functional groups attached to an aromatic ring is 1. The topological polar surface area (TPSA) is 164 Å². The van der Waals surface area contributed by atoms with Crippen LogP contribution in [0, 0.1) is 5.92 Å². The average molecular weight is 510 g/mol. The maximum Gasteiger partial charge on any atom is 0.490 e. The lowest BCUT2D eigenvalue weighted by Gasteiger charge is -2.28. The fraction of sp³-hybridized carbons (Fsp3) is 0.400. The van der Waals surface area contributed by atoms with E-state index >= 15 is 0 Å². The van der Waals surface area contributed by atoms with Crippen LogP contribution in [0.15, 0.2) is 36.1 Å². The molecule has 5 N–H and O–H groups in total. The van der Waals surface area contributed by atoms with Crippen molar-refractivity contribution in [1.82, 2.24) is 39.9 Å². The Morgan fingerprint density at radius 2 is 2.00 bits per heavy atom. The van der Waals surface area contributed by atoms with Crippen LogP contribution in [-0.2, 0) is 4.79 Å². The van der Waals surface area contributed by atoms with Crippen LogP contribution in [0.25, 0.3) is 22.3 Å². The minimum Gasteiger partial charge on any atom is -0.475 e. The Morgan fingerprint density at radius 3 is 2.66 bits per heavy atom. The highest BCUT2D eigenvalue weighted by Gasteiger charge is 2.38. The number of aromatic amines is 2. The van der Waals surface area contributed by atoms with Crippen molar-refractivity contribution < 1.29 is 23.1 Å². The molecule has 1 aliphatic rings. The number of nitrogens with two attached hydrogens (primary N) is 1. The summed E-state index contributed by atoms with van der Waals surface area (Å²) >= 11 is 1.68. The number of thioether (sulfide) groups is 1. The molecule has 186 valence electrons. The number of hydrogen-bond acceptors (Lipinski definition) is 8. The van der Waals surface area contributed by atoms with Gasteiger partial charge in [0.2, 0.25) is 11.1 Å². The van der Waals surface area contributed by atoms with Gasteiger partial charge in [-0.25, -0.2) is 19.9 Å². The van der Waals surface area contributed by atoms with Gasteiger partial charge in [-0.05, 0) is 37.7 Å². The number of carboxylic acid groups (broad SMARTS) is 1. The lowest BCUT2D eigenvalue weighted by molar-refractivity contribution is -0.192. The van der Waals surface area contributed by atoms with E-state index < -0.39 is 12.1 Å². The Labute approximate surface area is 200 Å². The normalized spacial score (nSPS) is 18.3. The number of fused-ring (bicyclic) bond motifs is 1. The van der Waals surface area contributed by atoms with Crippen molar-refractivity contribution >= 4 is 34.7 Å². The van der Waals surface area contributed by atoms with Crippen molar-refractivity contribution in [1.29, 1.82) is 0 Å². The van der Waals surface area contributed by atoms with E-state index in [9.17, 15) is 13.2 Å². The van der Waals surface area contributed by atoms with Gasteiger partial charge in [-0.15, -0.1) is 5.10 Å². The number of nitrogens with one attached hydrogen (secondary N) is 2. The third-order valence-electron chi connectivity index (χ3n) is 5.59. The number of rotatable bonds is 5. The average Bonchev–Trinajstić information content (AvgIpc) is 3.58. The van der Waals surface area contributed by atoms with Crippen molar-refractivity contribution in [2.75, 3.05) is 11.5 Å². The number of carbonyl (C=O) groups is 1. The van der Waals surface area contributed by atoms with Crippen LogP contribution >= 0.6 is 11.8 Å². The molecular formula is C20H22F3N9O2S. The van der Waals surface area contributed by atoms with Crippen LogP contribution in [0.5, 0.6) is 0 Å². The molecule has 4 aromatic rings. The molecule has 0 aliphatic heterocycles. The zero-order valence-corrected chi connectivity index (χ0v) is 19.1. The minimum absolute atomic E-state index is 0.376. The number of aromatic nitrogens is 8. The summed E-state index contributed by atoms with van der Waals surface area (Å²) in [6.45, 7) is 0. The molecule has 4 heterocycles. The first-order chi connectivity index (χ1) is 16.7. The first kappa shape index (κ1) is 24.5. The maximum absolute atomic E-state index is 10.6. The molecule has 1 saturated carbocycles. The van der Waals surface area contributed by atoms with Gasteiger partial charge in [0.05, 0.1) is 17.9 Å². The first-order valence-electron chi connectivity index (χ1n) is 10.6. The Morgan fingerprint density at radius 1 is 1.26 bits per heavy atom. The van der Waals surface area contributed by atoms with Gasteiger partial charge in [0.25, 0.3) is 0 Å². The lowest BCUT2D eigenvalue weighted by atomic mass is 9.87. The van der Waals surface area contributed by atoms with Crippen molar-refractivity contribution in [3.8, 4) is 11.3 Å². The SMILES string of the molecule is Nc1nc(SCC2CCC(n3cc(-c4ncnc5[nH]ccc45)cn3)CC2)n[nH]1.O=C(O)C(F)(F)F. The zero-order chi connectivity index (χ0) is 25.0. The summed E-state index contributed by atoms with van der Waals surface area (Å²) in [5.74, 6) is -0.674. The van der Waals surface area contributed by atoms with Crippen LogP contribution in [0.3, 0.4) is 0 Å². The Hall–Kier alpha value is -3.62. The number of anilines is 1.